The Morgan fingerprint density at radius 3 is 2.73 bits per heavy atom. The number of anilines is 1. The summed E-state index contributed by atoms with van der Waals surface area (Å²) in [4.78, 5) is 12.6. The lowest BCUT2D eigenvalue weighted by molar-refractivity contribution is 0.0954. The molecule has 9 heteroatoms. The third kappa shape index (κ3) is 4.25. The minimum atomic E-state index is -3.37. The van der Waals surface area contributed by atoms with Crippen LogP contribution in [-0.4, -0.2) is 30.2 Å². The van der Waals surface area contributed by atoms with Gasteiger partial charge in [-0.2, -0.15) is 0 Å². The van der Waals surface area contributed by atoms with Crippen LogP contribution in [-0.2, 0) is 23.0 Å². The molecular weight excluding hydrogens is 324 g/mol. The largest absolute Gasteiger partial charge is 0.347 e. The number of aromatic nitrogens is 2. The minimum absolute atomic E-state index is 0.207. The lowest BCUT2D eigenvalue weighted by atomic mass is 10.2. The Hall–Kier alpha value is -2.00. The van der Waals surface area contributed by atoms with E-state index in [2.05, 4.69) is 19.6 Å². The Balaban J connectivity index is 2.10. The second kappa shape index (κ2) is 6.84. The van der Waals surface area contributed by atoms with Gasteiger partial charge in [0.1, 0.15) is 4.88 Å². The van der Waals surface area contributed by atoms with Gasteiger partial charge in [0.05, 0.1) is 17.6 Å². The lowest BCUT2D eigenvalue weighted by Crippen LogP contribution is -2.24. The molecule has 7 nitrogen and oxygen atoms in total. The van der Waals surface area contributed by atoms with Crippen LogP contribution in [0.3, 0.4) is 0 Å². The highest BCUT2D eigenvalue weighted by Crippen LogP contribution is 2.17. The van der Waals surface area contributed by atoms with Gasteiger partial charge in [-0.05, 0) is 29.6 Å². The van der Waals surface area contributed by atoms with Crippen LogP contribution in [0.5, 0.6) is 0 Å². The third-order valence-electron chi connectivity index (χ3n) is 2.85. The maximum atomic E-state index is 12.1. The summed E-state index contributed by atoms with van der Waals surface area (Å²) in [5.74, 6) is -0.263. The van der Waals surface area contributed by atoms with Gasteiger partial charge >= 0.3 is 0 Å². The molecule has 2 N–H and O–H groups in total. The van der Waals surface area contributed by atoms with Crippen molar-refractivity contribution in [1.29, 1.82) is 0 Å². The molecule has 2 aromatic rings. The molecule has 2 rings (SSSR count). The Morgan fingerprint density at radius 1 is 1.32 bits per heavy atom. The Morgan fingerprint density at radius 2 is 2.05 bits per heavy atom. The molecule has 1 aromatic heterocycles. The van der Waals surface area contributed by atoms with Crippen molar-refractivity contribution < 1.29 is 13.2 Å². The van der Waals surface area contributed by atoms with Gasteiger partial charge in [0.25, 0.3) is 5.91 Å². The van der Waals surface area contributed by atoms with Gasteiger partial charge in [0.15, 0.2) is 0 Å². The zero-order chi connectivity index (χ0) is 16.2. The molecule has 0 spiro atoms. The molecule has 22 heavy (non-hydrogen) atoms. The van der Waals surface area contributed by atoms with Gasteiger partial charge in [0.2, 0.25) is 10.0 Å². The first-order valence-electron chi connectivity index (χ1n) is 6.56. The van der Waals surface area contributed by atoms with Crippen LogP contribution in [0.4, 0.5) is 5.69 Å². The van der Waals surface area contributed by atoms with Crippen molar-refractivity contribution in [3.8, 4) is 0 Å². The van der Waals surface area contributed by atoms with Crippen LogP contribution < -0.4 is 10.0 Å². The topological polar surface area (TPSA) is 101 Å². The number of hydrogen-bond donors (Lipinski definition) is 2. The summed E-state index contributed by atoms with van der Waals surface area (Å²) in [5, 5.41) is 6.65. The monoisotopic (exact) mass is 340 g/mol. The van der Waals surface area contributed by atoms with E-state index >= 15 is 0 Å². The SMILES string of the molecule is CCc1nnsc1C(=O)NCc1ccccc1NS(C)(=O)=O. The summed E-state index contributed by atoms with van der Waals surface area (Å²) in [7, 11) is -3.37. The molecule has 0 aliphatic heterocycles. The van der Waals surface area contributed by atoms with Crippen LogP contribution >= 0.6 is 11.5 Å². The highest BCUT2D eigenvalue weighted by atomic mass is 32.2. The second-order valence-corrected chi connectivity index (χ2v) is 7.12. The summed E-state index contributed by atoms with van der Waals surface area (Å²) >= 11 is 1.05. The first-order valence-corrected chi connectivity index (χ1v) is 9.22. The third-order valence-corrected chi connectivity index (χ3v) is 4.21. The normalized spacial score (nSPS) is 11.2. The van der Waals surface area contributed by atoms with Crippen molar-refractivity contribution in [2.24, 2.45) is 0 Å². The average molecular weight is 340 g/mol. The smallest absolute Gasteiger partial charge is 0.265 e. The van der Waals surface area contributed by atoms with E-state index in [4.69, 9.17) is 0 Å². The number of nitrogens with one attached hydrogen (secondary N) is 2. The van der Waals surface area contributed by atoms with Crippen molar-refractivity contribution in [3.63, 3.8) is 0 Å². The number of sulfonamides is 1. The first-order chi connectivity index (χ1) is 10.4. The number of benzene rings is 1. The van der Waals surface area contributed by atoms with E-state index in [1.807, 2.05) is 6.92 Å². The highest BCUT2D eigenvalue weighted by molar-refractivity contribution is 7.92. The molecule has 0 fully saturated rings. The van der Waals surface area contributed by atoms with Crippen LogP contribution in [0.1, 0.15) is 27.9 Å². The Bertz CT molecular complexity index is 771. The fraction of sp³-hybridized carbons (Fsp3) is 0.308. The van der Waals surface area contributed by atoms with Crippen molar-refractivity contribution in [3.05, 3.63) is 40.4 Å². The van der Waals surface area contributed by atoms with E-state index in [-0.39, 0.29) is 12.5 Å². The summed E-state index contributed by atoms with van der Waals surface area (Å²) in [6, 6.07) is 6.90. The maximum Gasteiger partial charge on any atom is 0.265 e. The number of amides is 1. The van der Waals surface area contributed by atoms with E-state index in [9.17, 15) is 13.2 Å². The van der Waals surface area contributed by atoms with Gasteiger partial charge in [-0.3, -0.25) is 9.52 Å². The number of rotatable bonds is 6. The zero-order valence-corrected chi connectivity index (χ0v) is 13.8. The first kappa shape index (κ1) is 16.4. The van der Waals surface area contributed by atoms with Crippen LogP contribution in [0.25, 0.3) is 0 Å². The molecular formula is C13H16N4O3S2. The standard InChI is InChI=1S/C13H16N4O3S2/c1-3-10-12(21-17-15-10)13(18)14-8-9-6-4-5-7-11(9)16-22(2,19)20/h4-7,16H,3,8H2,1-2H3,(H,14,18). The van der Waals surface area contributed by atoms with E-state index in [0.717, 1.165) is 17.8 Å². The molecule has 0 saturated heterocycles. The average Bonchev–Trinajstić information content (AvgIpc) is 2.93. The van der Waals surface area contributed by atoms with E-state index < -0.39 is 10.0 Å². The van der Waals surface area contributed by atoms with Crippen LogP contribution in [0, 0.1) is 0 Å². The molecule has 0 aliphatic carbocycles. The molecule has 1 heterocycles. The van der Waals surface area contributed by atoms with E-state index in [0.29, 0.717) is 28.2 Å². The summed E-state index contributed by atoms with van der Waals surface area (Å²) in [6.07, 6.45) is 1.71. The van der Waals surface area contributed by atoms with E-state index in [1.54, 1.807) is 24.3 Å². The van der Waals surface area contributed by atoms with Gasteiger partial charge in [0, 0.05) is 6.54 Å². The molecule has 118 valence electrons. The van der Waals surface area contributed by atoms with Crippen molar-refractivity contribution in [1.82, 2.24) is 14.9 Å². The summed E-state index contributed by atoms with van der Waals surface area (Å²) in [5.41, 5.74) is 1.78. The zero-order valence-electron chi connectivity index (χ0n) is 12.2. The van der Waals surface area contributed by atoms with Crippen LogP contribution in [0.15, 0.2) is 24.3 Å². The molecule has 0 radical (unpaired) electrons. The Labute approximate surface area is 133 Å². The molecule has 0 unspecified atom stereocenters. The molecule has 1 aromatic carbocycles. The fourth-order valence-corrected chi connectivity index (χ4v) is 3.11. The summed E-state index contributed by atoms with van der Waals surface area (Å²) in [6.45, 7) is 2.11. The van der Waals surface area contributed by atoms with Crippen molar-refractivity contribution in [2.45, 2.75) is 19.9 Å². The number of aryl methyl sites for hydroxylation is 1. The number of nitrogens with zero attached hydrogens (tertiary/aromatic N) is 2. The lowest BCUT2D eigenvalue weighted by Gasteiger charge is -2.11. The fourth-order valence-electron chi connectivity index (χ4n) is 1.84. The van der Waals surface area contributed by atoms with Crippen molar-refractivity contribution >= 4 is 33.2 Å². The number of para-hydroxylation sites is 1. The van der Waals surface area contributed by atoms with Gasteiger partial charge in [-0.15, -0.1) is 5.10 Å². The number of carbonyl (C=O) groups excluding carboxylic acids is 1. The van der Waals surface area contributed by atoms with E-state index in [1.165, 1.54) is 0 Å². The van der Waals surface area contributed by atoms with Gasteiger partial charge in [-0.25, -0.2) is 8.42 Å². The molecule has 1 amide bonds. The Kier molecular flexibility index (Phi) is 5.09. The number of hydrogen-bond acceptors (Lipinski definition) is 6. The van der Waals surface area contributed by atoms with Gasteiger partial charge in [-0.1, -0.05) is 29.6 Å². The summed E-state index contributed by atoms with van der Waals surface area (Å²) < 4.78 is 28.9. The molecule has 0 bridgehead atoms. The predicted octanol–water partition coefficient (Wildman–Crippen LogP) is 1.40. The molecule has 0 aliphatic rings. The maximum absolute atomic E-state index is 12.1. The quantitative estimate of drug-likeness (QED) is 0.828. The van der Waals surface area contributed by atoms with Crippen molar-refractivity contribution in [2.75, 3.05) is 11.0 Å². The van der Waals surface area contributed by atoms with Crippen LogP contribution in [0.2, 0.25) is 0 Å². The highest BCUT2D eigenvalue weighted by Gasteiger charge is 2.15. The second-order valence-electron chi connectivity index (χ2n) is 4.62. The molecule has 0 saturated carbocycles. The minimum Gasteiger partial charge on any atom is -0.347 e. The molecule has 0 atom stereocenters. The number of carbonyl (C=O) groups is 1. The predicted molar refractivity (Wildman–Crippen MR) is 85.4 cm³/mol. The van der Waals surface area contributed by atoms with Gasteiger partial charge < -0.3 is 5.32 Å².